The van der Waals surface area contributed by atoms with E-state index in [1.54, 1.807) is 69.3 Å². The first-order chi connectivity index (χ1) is 16.6. The van der Waals surface area contributed by atoms with Crippen LogP contribution in [-0.4, -0.2) is 27.4 Å². The Balaban J connectivity index is 2.01. The van der Waals surface area contributed by atoms with E-state index in [0.29, 0.717) is 27.9 Å². The maximum absolute atomic E-state index is 14.1. The summed E-state index contributed by atoms with van der Waals surface area (Å²) in [6, 6.07) is 16.2. The van der Waals surface area contributed by atoms with Crippen molar-refractivity contribution in [2.24, 2.45) is 0 Å². The number of carbonyl (C=O) groups excluding carboxylic acids is 2. The van der Waals surface area contributed by atoms with Crippen molar-refractivity contribution >= 4 is 38.6 Å². The van der Waals surface area contributed by atoms with Crippen molar-refractivity contribution in [1.82, 2.24) is 0 Å². The Morgan fingerprint density at radius 1 is 0.886 bits per heavy atom. The van der Waals surface area contributed by atoms with Gasteiger partial charge in [0.25, 0.3) is 15.9 Å². The third-order valence-electron chi connectivity index (χ3n) is 5.78. The van der Waals surface area contributed by atoms with E-state index in [4.69, 9.17) is 9.15 Å². The number of carbonyl (C=O) groups is 2. The zero-order valence-electron chi connectivity index (χ0n) is 20.1. The number of anilines is 1. The molecule has 0 fully saturated rings. The number of hydrogen-bond acceptors (Lipinski definition) is 6. The van der Waals surface area contributed by atoms with Gasteiger partial charge >= 0.3 is 5.97 Å². The molecule has 8 heteroatoms. The van der Waals surface area contributed by atoms with Gasteiger partial charge in [0.1, 0.15) is 16.9 Å². The molecule has 0 aliphatic heterocycles. The summed E-state index contributed by atoms with van der Waals surface area (Å²) in [5, 5.41) is 0.352. The summed E-state index contributed by atoms with van der Waals surface area (Å²) < 4.78 is 39.6. The van der Waals surface area contributed by atoms with E-state index in [-0.39, 0.29) is 21.7 Å². The van der Waals surface area contributed by atoms with Crippen molar-refractivity contribution in [1.29, 1.82) is 0 Å². The minimum absolute atomic E-state index is 0.0593. The fourth-order valence-electron chi connectivity index (χ4n) is 4.42. The summed E-state index contributed by atoms with van der Waals surface area (Å²) in [5.74, 6) is -1.01. The zero-order chi connectivity index (χ0) is 25.5. The Bertz CT molecular complexity index is 1550. The molecule has 0 bridgehead atoms. The first-order valence-electron chi connectivity index (χ1n) is 10.9. The number of methoxy groups -OCH3 is 1. The van der Waals surface area contributed by atoms with Gasteiger partial charge in [-0.25, -0.2) is 13.2 Å². The predicted molar refractivity (Wildman–Crippen MR) is 133 cm³/mol. The number of esters is 1. The standard InChI is InChI=1S/C27H25NO6S/c1-16-13-17(2)25(18(3)14-16)35(31,32)28(26(29)20-9-7-6-8-10-20)21-11-12-23-22(15-21)24(19(4)34-23)27(30)33-5/h6-15H,1-5H3. The van der Waals surface area contributed by atoms with Gasteiger partial charge in [0.2, 0.25) is 0 Å². The minimum atomic E-state index is -4.34. The number of furan rings is 1. The number of amides is 1. The molecule has 0 spiro atoms. The lowest BCUT2D eigenvalue weighted by molar-refractivity contribution is 0.0600. The van der Waals surface area contributed by atoms with E-state index in [9.17, 15) is 18.0 Å². The van der Waals surface area contributed by atoms with E-state index in [1.807, 2.05) is 6.92 Å². The number of hydrogen-bond donors (Lipinski definition) is 0. The molecule has 4 aromatic rings. The normalized spacial score (nSPS) is 11.5. The molecular formula is C27H25NO6S. The summed E-state index contributed by atoms with van der Waals surface area (Å²) in [7, 11) is -3.09. The molecule has 0 unspecified atom stereocenters. The highest BCUT2D eigenvalue weighted by atomic mass is 32.2. The minimum Gasteiger partial charge on any atom is -0.465 e. The third-order valence-corrected chi connectivity index (χ3v) is 7.80. The largest absolute Gasteiger partial charge is 0.465 e. The molecule has 180 valence electrons. The van der Waals surface area contributed by atoms with Gasteiger partial charge in [-0.2, -0.15) is 4.31 Å². The summed E-state index contributed by atoms with van der Waals surface area (Å²) in [6.07, 6.45) is 0. The quantitative estimate of drug-likeness (QED) is 0.343. The molecule has 0 saturated heterocycles. The second kappa shape index (κ2) is 9.03. The summed E-state index contributed by atoms with van der Waals surface area (Å²) in [5.41, 5.74) is 2.81. The van der Waals surface area contributed by atoms with Gasteiger partial charge in [-0.1, -0.05) is 35.9 Å². The van der Waals surface area contributed by atoms with Gasteiger partial charge in [0.05, 0.1) is 17.7 Å². The van der Waals surface area contributed by atoms with Crippen LogP contribution in [0, 0.1) is 27.7 Å². The summed E-state index contributed by atoms with van der Waals surface area (Å²) in [4.78, 5) is 26.2. The van der Waals surface area contributed by atoms with Gasteiger partial charge < -0.3 is 9.15 Å². The van der Waals surface area contributed by atoms with Crippen LogP contribution in [0.3, 0.4) is 0 Å². The van der Waals surface area contributed by atoms with Crippen LogP contribution in [0.15, 0.2) is 70.0 Å². The van der Waals surface area contributed by atoms with Crippen molar-refractivity contribution in [2.45, 2.75) is 32.6 Å². The molecule has 0 N–H and O–H groups in total. The third kappa shape index (κ3) is 4.21. The van der Waals surface area contributed by atoms with E-state index >= 15 is 0 Å². The maximum Gasteiger partial charge on any atom is 0.342 e. The van der Waals surface area contributed by atoms with Crippen molar-refractivity contribution in [3.63, 3.8) is 0 Å². The van der Waals surface area contributed by atoms with Crippen molar-refractivity contribution in [3.05, 3.63) is 94.2 Å². The molecule has 4 rings (SSSR count). The molecule has 1 amide bonds. The molecule has 7 nitrogen and oxygen atoms in total. The van der Waals surface area contributed by atoms with Gasteiger partial charge in [-0.3, -0.25) is 4.79 Å². The van der Waals surface area contributed by atoms with Crippen LogP contribution >= 0.6 is 0 Å². The van der Waals surface area contributed by atoms with Crippen LogP contribution in [0.2, 0.25) is 0 Å². The number of ether oxygens (including phenoxy) is 1. The molecule has 0 aliphatic carbocycles. The Labute approximate surface area is 204 Å². The predicted octanol–water partition coefficient (Wildman–Crippen LogP) is 5.49. The van der Waals surface area contributed by atoms with E-state index in [2.05, 4.69) is 0 Å². The summed E-state index contributed by atoms with van der Waals surface area (Å²) in [6.45, 7) is 6.91. The van der Waals surface area contributed by atoms with E-state index < -0.39 is 21.9 Å². The Kier molecular flexibility index (Phi) is 6.25. The van der Waals surface area contributed by atoms with E-state index in [0.717, 1.165) is 9.87 Å². The van der Waals surface area contributed by atoms with Gasteiger partial charge in [-0.05, 0) is 69.2 Å². The van der Waals surface area contributed by atoms with Gasteiger partial charge in [-0.15, -0.1) is 0 Å². The molecule has 0 atom stereocenters. The van der Waals surface area contributed by atoms with Crippen molar-refractivity contribution in [2.75, 3.05) is 11.4 Å². The SMILES string of the molecule is COC(=O)c1c(C)oc2ccc(N(C(=O)c3ccccc3)S(=O)(=O)c3c(C)cc(C)cc3C)cc12. The maximum atomic E-state index is 14.1. The molecule has 0 aliphatic rings. The number of nitrogens with zero attached hydrogens (tertiary/aromatic N) is 1. The molecule has 35 heavy (non-hydrogen) atoms. The van der Waals surface area contributed by atoms with Crippen LogP contribution in [0.25, 0.3) is 11.0 Å². The number of rotatable bonds is 5. The fraction of sp³-hybridized carbons (Fsp3) is 0.185. The fourth-order valence-corrected chi connectivity index (χ4v) is 6.25. The number of benzene rings is 3. The monoisotopic (exact) mass is 491 g/mol. The average Bonchev–Trinajstić information content (AvgIpc) is 3.13. The molecule has 1 aromatic heterocycles. The first kappa shape index (κ1) is 24.2. The second-order valence-corrected chi connectivity index (χ2v) is 10.1. The summed E-state index contributed by atoms with van der Waals surface area (Å²) >= 11 is 0. The molecule has 3 aromatic carbocycles. The Morgan fingerprint density at radius 2 is 1.51 bits per heavy atom. The van der Waals surface area contributed by atoms with Crippen molar-refractivity contribution < 1.29 is 27.2 Å². The van der Waals surface area contributed by atoms with Crippen molar-refractivity contribution in [3.8, 4) is 0 Å². The van der Waals surface area contributed by atoms with Gasteiger partial charge in [0.15, 0.2) is 0 Å². The highest BCUT2D eigenvalue weighted by molar-refractivity contribution is 7.93. The molecular weight excluding hydrogens is 466 g/mol. The van der Waals surface area contributed by atoms with E-state index in [1.165, 1.54) is 19.2 Å². The lowest BCUT2D eigenvalue weighted by atomic mass is 10.1. The molecule has 1 heterocycles. The van der Waals surface area contributed by atoms with Crippen LogP contribution < -0.4 is 4.31 Å². The van der Waals surface area contributed by atoms with Crippen LogP contribution in [0.5, 0.6) is 0 Å². The smallest absolute Gasteiger partial charge is 0.342 e. The number of aryl methyl sites for hydroxylation is 4. The first-order valence-corrected chi connectivity index (χ1v) is 12.3. The lowest BCUT2D eigenvalue weighted by Gasteiger charge is -2.25. The molecule has 0 saturated carbocycles. The highest BCUT2D eigenvalue weighted by Crippen LogP contribution is 2.35. The Morgan fingerprint density at radius 3 is 2.11 bits per heavy atom. The number of fused-ring (bicyclic) bond motifs is 1. The number of sulfonamides is 1. The second-order valence-electron chi connectivity index (χ2n) is 8.37. The lowest BCUT2D eigenvalue weighted by Crippen LogP contribution is -2.37. The zero-order valence-corrected chi connectivity index (χ0v) is 20.9. The highest BCUT2D eigenvalue weighted by Gasteiger charge is 2.35. The topological polar surface area (TPSA) is 93.9 Å². The van der Waals surface area contributed by atoms with Gasteiger partial charge in [0, 0.05) is 10.9 Å². The molecule has 0 radical (unpaired) electrons. The van der Waals surface area contributed by atoms with Crippen LogP contribution in [0.1, 0.15) is 43.2 Å². The van der Waals surface area contributed by atoms with Crippen LogP contribution in [-0.2, 0) is 14.8 Å². The average molecular weight is 492 g/mol. The Hall–Kier alpha value is -3.91. The van der Waals surface area contributed by atoms with Crippen LogP contribution in [0.4, 0.5) is 5.69 Å².